The fourth-order valence-corrected chi connectivity index (χ4v) is 2.40. The summed E-state index contributed by atoms with van der Waals surface area (Å²) in [6.45, 7) is 25.7. The summed E-state index contributed by atoms with van der Waals surface area (Å²) < 4.78 is 0. The van der Waals surface area contributed by atoms with Crippen LogP contribution in [0, 0.1) is 11.3 Å². The molecule has 0 heteroatoms. The molecule has 1 unspecified atom stereocenters. The van der Waals surface area contributed by atoms with Crippen molar-refractivity contribution in [3.63, 3.8) is 0 Å². The van der Waals surface area contributed by atoms with Gasteiger partial charge in [0.2, 0.25) is 0 Å². The molecule has 0 fully saturated rings. The van der Waals surface area contributed by atoms with Crippen LogP contribution in [-0.2, 0) is 0 Å². The van der Waals surface area contributed by atoms with Crippen molar-refractivity contribution in [3.8, 4) is 0 Å². The molecule has 0 amide bonds. The van der Waals surface area contributed by atoms with E-state index in [1.54, 1.807) is 11.1 Å². The summed E-state index contributed by atoms with van der Waals surface area (Å²) in [6, 6.07) is 0. The lowest BCUT2D eigenvalue weighted by Crippen LogP contribution is -2.23. The number of rotatable bonds is 2. The molecule has 0 saturated carbocycles. The van der Waals surface area contributed by atoms with Gasteiger partial charge in [-0.3, -0.25) is 0 Å². The van der Waals surface area contributed by atoms with Gasteiger partial charge in [-0.05, 0) is 62.5 Å². The first-order valence-corrected chi connectivity index (χ1v) is 8.74. The second-order valence-electron chi connectivity index (χ2n) is 6.72. The van der Waals surface area contributed by atoms with Crippen LogP contribution >= 0.6 is 0 Å². The van der Waals surface area contributed by atoms with E-state index in [0.717, 1.165) is 5.92 Å². The van der Waals surface area contributed by atoms with Crippen LogP contribution in [0.15, 0.2) is 34.9 Å². The molecule has 1 atom stereocenters. The number of hydrogen-bond acceptors (Lipinski definition) is 0. The number of hydrogen-bond donors (Lipinski definition) is 0. The van der Waals surface area contributed by atoms with Gasteiger partial charge in [-0.15, -0.1) is 0 Å². The lowest BCUT2D eigenvalue weighted by Gasteiger charge is -2.35. The first-order chi connectivity index (χ1) is 9.71. The molecular weight excluding hydrogens is 252 g/mol. The van der Waals surface area contributed by atoms with Crippen molar-refractivity contribution in [3.05, 3.63) is 34.9 Å². The van der Waals surface area contributed by atoms with Crippen molar-refractivity contribution < 1.29 is 0 Å². The van der Waals surface area contributed by atoms with E-state index < -0.39 is 0 Å². The van der Waals surface area contributed by atoms with Gasteiger partial charge in [-0.25, -0.2) is 0 Å². The Morgan fingerprint density at radius 1 is 1.10 bits per heavy atom. The van der Waals surface area contributed by atoms with Crippen molar-refractivity contribution >= 4 is 0 Å². The summed E-state index contributed by atoms with van der Waals surface area (Å²) in [5.74, 6) is 0.815. The third kappa shape index (κ3) is 8.29. The number of allylic oxidation sites excluding steroid dienone is 5. The first-order valence-electron chi connectivity index (χ1n) is 8.74. The molecule has 0 saturated heterocycles. The topological polar surface area (TPSA) is 0 Å². The van der Waals surface area contributed by atoms with E-state index in [4.69, 9.17) is 0 Å². The van der Waals surface area contributed by atoms with Gasteiger partial charge in [0.1, 0.15) is 0 Å². The van der Waals surface area contributed by atoms with E-state index in [9.17, 15) is 0 Å². The molecule has 21 heavy (non-hydrogen) atoms. The molecule has 0 aromatic heterocycles. The summed E-state index contributed by atoms with van der Waals surface area (Å²) in [7, 11) is 0. The summed E-state index contributed by atoms with van der Waals surface area (Å²) in [4.78, 5) is 0. The van der Waals surface area contributed by atoms with E-state index in [2.05, 4.69) is 54.2 Å². The minimum atomic E-state index is 0.427. The highest BCUT2D eigenvalue weighted by atomic mass is 14.3. The smallest absolute Gasteiger partial charge is 0.0246 e. The van der Waals surface area contributed by atoms with Gasteiger partial charge in [-0.1, -0.05) is 72.3 Å². The lowest BCUT2D eigenvalue weighted by molar-refractivity contribution is 0.217. The summed E-state index contributed by atoms with van der Waals surface area (Å²) >= 11 is 0. The third-order valence-corrected chi connectivity index (χ3v) is 4.17. The van der Waals surface area contributed by atoms with Crippen molar-refractivity contribution in [2.24, 2.45) is 11.3 Å². The van der Waals surface area contributed by atoms with Gasteiger partial charge >= 0.3 is 0 Å². The van der Waals surface area contributed by atoms with Crippen LogP contribution < -0.4 is 0 Å². The van der Waals surface area contributed by atoms with Gasteiger partial charge in [-0.2, -0.15) is 0 Å². The van der Waals surface area contributed by atoms with Crippen LogP contribution in [0.3, 0.4) is 0 Å². The Hall–Kier alpha value is -0.780. The largest absolute Gasteiger partial charge is 0.0958 e. The highest BCUT2D eigenvalue weighted by Gasteiger charge is 2.28. The third-order valence-electron chi connectivity index (χ3n) is 4.17. The molecule has 1 aliphatic carbocycles. The van der Waals surface area contributed by atoms with Gasteiger partial charge in [0, 0.05) is 0 Å². The zero-order valence-corrected chi connectivity index (χ0v) is 16.5. The fourth-order valence-electron chi connectivity index (χ4n) is 2.40. The highest BCUT2D eigenvalue weighted by molar-refractivity contribution is 5.36. The van der Waals surface area contributed by atoms with Crippen molar-refractivity contribution in [1.29, 1.82) is 0 Å². The van der Waals surface area contributed by atoms with Gasteiger partial charge in [0.25, 0.3) is 0 Å². The van der Waals surface area contributed by atoms with Gasteiger partial charge < -0.3 is 0 Å². The minimum Gasteiger partial charge on any atom is -0.0958 e. The van der Waals surface area contributed by atoms with Crippen LogP contribution in [0.5, 0.6) is 0 Å². The Balaban J connectivity index is 0. The summed E-state index contributed by atoms with van der Waals surface area (Å²) in [6.07, 6.45) is 6.20. The van der Waals surface area contributed by atoms with Crippen LogP contribution in [0.25, 0.3) is 0 Å². The zero-order valence-electron chi connectivity index (χ0n) is 16.5. The van der Waals surface area contributed by atoms with E-state index in [1.807, 2.05) is 27.7 Å². The normalized spacial score (nSPS) is 19.1. The first kappa shape index (κ1) is 22.5. The SMILES string of the molecule is C=C(C)/C(C)=C\C1=C(C)CCC(C(C)(C)C)C1.CC.CC. The molecule has 0 N–H and O–H groups in total. The van der Waals surface area contributed by atoms with Crippen molar-refractivity contribution in [2.45, 2.75) is 88.5 Å². The Labute approximate surface area is 135 Å². The molecule has 1 rings (SSSR count). The summed E-state index contributed by atoms with van der Waals surface area (Å²) in [5.41, 5.74) is 6.07. The predicted octanol–water partition coefficient (Wildman–Crippen LogP) is 7.72. The molecule has 0 aromatic rings. The molecule has 0 spiro atoms. The monoisotopic (exact) mass is 292 g/mol. The molecule has 0 aliphatic heterocycles. The van der Waals surface area contributed by atoms with E-state index in [0.29, 0.717) is 5.41 Å². The Bertz CT molecular complexity index is 358. The average molecular weight is 293 g/mol. The Morgan fingerprint density at radius 2 is 1.57 bits per heavy atom. The molecule has 0 heterocycles. The Kier molecular flexibility index (Phi) is 11.7. The molecule has 0 bridgehead atoms. The molecule has 1 aliphatic rings. The van der Waals surface area contributed by atoms with Crippen LogP contribution in [0.2, 0.25) is 0 Å². The molecule has 0 radical (unpaired) electrons. The zero-order chi connectivity index (χ0) is 17.2. The van der Waals surface area contributed by atoms with E-state index in [-0.39, 0.29) is 0 Å². The quantitative estimate of drug-likeness (QED) is 0.457. The maximum Gasteiger partial charge on any atom is -0.0246 e. The van der Waals surface area contributed by atoms with E-state index >= 15 is 0 Å². The van der Waals surface area contributed by atoms with Gasteiger partial charge in [0.05, 0.1) is 0 Å². The maximum atomic E-state index is 4.02. The summed E-state index contributed by atoms with van der Waals surface area (Å²) in [5, 5.41) is 0. The molecular formula is C21H40. The lowest BCUT2D eigenvalue weighted by atomic mass is 9.70. The van der Waals surface area contributed by atoms with Crippen molar-refractivity contribution in [1.82, 2.24) is 0 Å². The second kappa shape index (κ2) is 10.9. The van der Waals surface area contributed by atoms with Gasteiger partial charge in [0.15, 0.2) is 0 Å². The fraction of sp³-hybridized carbons (Fsp3) is 0.714. The van der Waals surface area contributed by atoms with E-state index in [1.165, 1.54) is 30.4 Å². The van der Waals surface area contributed by atoms with Crippen LogP contribution in [-0.4, -0.2) is 0 Å². The highest BCUT2D eigenvalue weighted by Crippen LogP contribution is 2.40. The molecule has 0 aromatic carbocycles. The maximum absolute atomic E-state index is 4.02. The minimum absolute atomic E-state index is 0.427. The predicted molar refractivity (Wildman–Crippen MR) is 101 cm³/mol. The molecule has 124 valence electrons. The molecule has 0 nitrogen and oxygen atoms in total. The standard InChI is InChI=1S/C17H28.2C2H6/c1-12(2)14(4)10-15-11-16(17(5,6)7)9-8-13(15)3;2*1-2/h10,16H,1,8-9,11H2,2-7H3;2*1-2H3/b14-10-;;. The van der Waals surface area contributed by atoms with Crippen LogP contribution in [0.4, 0.5) is 0 Å². The van der Waals surface area contributed by atoms with Crippen LogP contribution in [0.1, 0.15) is 88.5 Å². The van der Waals surface area contributed by atoms with Crippen molar-refractivity contribution in [2.75, 3.05) is 0 Å². The average Bonchev–Trinajstić information content (AvgIpc) is 2.44. The second-order valence-corrected chi connectivity index (χ2v) is 6.72. The Morgan fingerprint density at radius 3 is 1.95 bits per heavy atom.